The maximum atomic E-state index is 13.5. The number of nitrogens with zero attached hydrogens (tertiary/aromatic N) is 3. The fourth-order valence-electron chi connectivity index (χ4n) is 4.63. The number of rotatable bonds is 8. The molecule has 9 heteroatoms. The number of ether oxygens (including phenoxy) is 1. The first-order valence-corrected chi connectivity index (χ1v) is 13.5. The Kier molecular flexibility index (Phi) is 8.31. The van der Waals surface area contributed by atoms with Gasteiger partial charge in [0.1, 0.15) is 6.54 Å². The number of hydrogen-bond acceptors (Lipinski definition) is 4. The number of anilines is 1. The molecule has 0 bridgehead atoms. The smallest absolute Gasteiger partial charge is 0.254 e. The molecule has 2 amide bonds. The van der Waals surface area contributed by atoms with Crippen LogP contribution in [0.1, 0.15) is 28.8 Å². The van der Waals surface area contributed by atoms with Crippen LogP contribution in [0.2, 0.25) is 10.0 Å². The number of aryl methyl sites for hydroxylation is 1. The van der Waals surface area contributed by atoms with E-state index in [1.165, 1.54) is 0 Å². The van der Waals surface area contributed by atoms with Gasteiger partial charge in [0.05, 0.1) is 11.8 Å². The average molecular weight is 563 g/mol. The summed E-state index contributed by atoms with van der Waals surface area (Å²) in [5, 5.41) is 4.09. The molecule has 200 valence electrons. The standard InChI is InChI=1S/C30H28Cl2N4O3/c1-20-6-2-3-10-26(20)29(38)35(17-25-9-5-15-39-25)19-28(37)34-30-33-27(21-11-13-22(31)14-12-21)18-36(30)24-8-4-7-23(32)16-24/h2-4,6-8,10-14,16,18,25H,5,9,15,17,19H2,1H3,(H,33,34,37)/t25-/m0/s1. The first-order valence-electron chi connectivity index (χ1n) is 12.7. The van der Waals surface area contributed by atoms with Gasteiger partial charge in [-0.3, -0.25) is 19.5 Å². The summed E-state index contributed by atoms with van der Waals surface area (Å²) in [4.78, 5) is 33.2. The van der Waals surface area contributed by atoms with Crippen molar-refractivity contribution in [1.82, 2.24) is 14.5 Å². The molecular formula is C30H28Cl2N4O3. The molecule has 1 aliphatic rings. The number of hydrogen-bond donors (Lipinski definition) is 1. The van der Waals surface area contributed by atoms with Crippen molar-refractivity contribution in [2.75, 3.05) is 25.0 Å². The summed E-state index contributed by atoms with van der Waals surface area (Å²) in [6.45, 7) is 2.73. The van der Waals surface area contributed by atoms with Gasteiger partial charge in [0.2, 0.25) is 11.9 Å². The number of carbonyl (C=O) groups excluding carboxylic acids is 2. The highest BCUT2D eigenvalue weighted by atomic mass is 35.5. The zero-order valence-corrected chi connectivity index (χ0v) is 23.0. The van der Waals surface area contributed by atoms with E-state index in [0.29, 0.717) is 40.4 Å². The Morgan fingerprint density at radius 2 is 1.85 bits per heavy atom. The zero-order valence-electron chi connectivity index (χ0n) is 21.4. The van der Waals surface area contributed by atoms with Gasteiger partial charge in [0.15, 0.2) is 0 Å². The molecule has 39 heavy (non-hydrogen) atoms. The Balaban J connectivity index is 1.43. The van der Waals surface area contributed by atoms with Gasteiger partial charge in [0, 0.05) is 46.2 Å². The second kappa shape index (κ2) is 12.0. The second-order valence-corrected chi connectivity index (χ2v) is 10.4. The van der Waals surface area contributed by atoms with Crippen LogP contribution < -0.4 is 5.32 Å². The van der Waals surface area contributed by atoms with Crippen LogP contribution in [0.5, 0.6) is 0 Å². The molecule has 2 heterocycles. The Hall–Kier alpha value is -3.65. The summed E-state index contributed by atoms with van der Waals surface area (Å²) < 4.78 is 7.55. The van der Waals surface area contributed by atoms with E-state index in [2.05, 4.69) is 5.32 Å². The first kappa shape index (κ1) is 26.9. The van der Waals surface area contributed by atoms with Crippen LogP contribution in [-0.4, -0.2) is 52.1 Å². The zero-order chi connectivity index (χ0) is 27.4. The minimum Gasteiger partial charge on any atom is -0.376 e. The Bertz CT molecular complexity index is 1480. The highest BCUT2D eigenvalue weighted by Crippen LogP contribution is 2.27. The first-order chi connectivity index (χ1) is 18.9. The van der Waals surface area contributed by atoms with Crippen molar-refractivity contribution in [3.05, 3.63) is 100 Å². The molecule has 0 radical (unpaired) electrons. The maximum absolute atomic E-state index is 13.5. The van der Waals surface area contributed by atoms with E-state index in [9.17, 15) is 9.59 Å². The van der Waals surface area contributed by atoms with Crippen molar-refractivity contribution in [1.29, 1.82) is 0 Å². The minimum atomic E-state index is -0.369. The number of nitrogens with one attached hydrogen (secondary N) is 1. The van der Waals surface area contributed by atoms with Crippen LogP contribution in [0.15, 0.2) is 79.0 Å². The molecular weight excluding hydrogens is 535 g/mol. The molecule has 1 saturated heterocycles. The van der Waals surface area contributed by atoms with E-state index < -0.39 is 0 Å². The quantitative estimate of drug-likeness (QED) is 0.269. The van der Waals surface area contributed by atoms with Crippen LogP contribution in [0.4, 0.5) is 5.95 Å². The van der Waals surface area contributed by atoms with Gasteiger partial charge < -0.3 is 9.64 Å². The molecule has 7 nitrogen and oxygen atoms in total. The van der Waals surface area contributed by atoms with E-state index in [0.717, 1.165) is 29.7 Å². The third kappa shape index (κ3) is 6.50. The molecule has 3 aromatic carbocycles. The van der Waals surface area contributed by atoms with E-state index >= 15 is 0 Å². The minimum absolute atomic E-state index is 0.101. The lowest BCUT2D eigenvalue weighted by Gasteiger charge is -2.25. The predicted molar refractivity (Wildman–Crippen MR) is 154 cm³/mol. The highest BCUT2D eigenvalue weighted by Gasteiger charge is 2.26. The average Bonchev–Trinajstić information content (AvgIpc) is 3.59. The SMILES string of the molecule is Cc1ccccc1C(=O)N(CC(=O)Nc1nc(-c2ccc(Cl)cc2)cn1-c1cccc(Cl)c1)C[C@@H]1CCCO1. The van der Waals surface area contributed by atoms with Crippen LogP contribution in [0.3, 0.4) is 0 Å². The molecule has 0 spiro atoms. The third-order valence-electron chi connectivity index (χ3n) is 6.63. The van der Waals surface area contributed by atoms with Crippen molar-refractivity contribution >= 4 is 41.0 Å². The Morgan fingerprint density at radius 1 is 1.05 bits per heavy atom. The fourth-order valence-corrected chi connectivity index (χ4v) is 4.94. The number of imidazole rings is 1. The molecule has 1 aromatic heterocycles. The molecule has 0 unspecified atom stereocenters. The van der Waals surface area contributed by atoms with E-state index in [1.54, 1.807) is 39.8 Å². The summed E-state index contributed by atoms with van der Waals surface area (Å²) in [5.74, 6) is -0.266. The molecule has 0 aliphatic carbocycles. The van der Waals surface area contributed by atoms with Crippen molar-refractivity contribution in [3.8, 4) is 16.9 Å². The molecule has 1 aliphatic heterocycles. The van der Waals surface area contributed by atoms with Crippen LogP contribution in [-0.2, 0) is 9.53 Å². The van der Waals surface area contributed by atoms with Crippen molar-refractivity contribution in [2.45, 2.75) is 25.9 Å². The maximum Gasteiger partial charge on any atom is 0.254 e. The number of carbonyl (C=O) groups is 2. The van der Waals surface area contributed by atoms with Crippen LogP contribution in [0.25, 0.3) is 16.9 Å². The van der Waals surface area contributed by atoms with Gasteiger partial charge in [-0.05, 0) is 61.7 Å². The van der Waals surface area contributed by atoms with E-state index in [4.69, 9.17) is 32.9 Å². The lowest BCUT2D eigenvalue weighted by atomic mass is 10.1. The van der Waals surface area contributed by atoms with Gasteiger partial charge in [-0.15, -0.1) is 0 Å². The lowest BCUT2D eigenvalue weighted by molar-refractivity contribution is -0.117. The molecule has 1 N–H and O–H groups in total. The second-order valence-electron chi connectivity index (χ2n) is 9.49. The number of benzene rings is 3. The third-order valence-corrected chi connectivity index (χ3v) is 7.12. The number of amides is 2. The predicted octanol–water partition coefficient (Wildman–Crippen LogP) is 6.41. The molecule has 1 atom stereocenters. The normalized spacial score (nSPS) is 14.8. The topological polar surface area (TPSA) is 76.5 Å². The number of aromatic nitrogens is 2. The molecule has 1 fully saturated rings. The van der Waals surface area contributed by atoms with Crippen molar-refractivity contribution < 1.29 is 14.3 Å². The van der Waals surface area contributed by atoms with Gasteiger partial charge in [0.25, 0.3) is 5.91 Å². The van der Waals surface area contributed by atoms with E-state index in [1.807, 2.05) is 55.6 Å². The summed E-state index contributed by atoms with van der Waals surface area (Å²) in [6, 6.07) is 21.9. The Labute approximate surface area is 237 Å². The van der Waals surface area contributed by atoms with Crippen LogP contribution in [0, 0.1) is 6.92 Å². The summed E-state index contributed by atoms with van der Waals surface area (Å²) >= 11 is 12.3. The molecule has 5 rings (SSSR count). The monoisotopic (exact) mass is 562 g/mol. The summed E-state index contributed by atoms with van der Waals surface area (Å²) in [7, 11) is 0. The van der Waals surface area contributed by atoms with E-state index in [-0.39, 0.29) is 24.5 Å². The van der Waals surface area contributed by atoms with Crippen molar-refractivity contribution in [3.63, 3.8) is 0 Å². The van der Waals surface area contributed by atoms with Gasteiger partial charge in [-0.25, -0.2) is 4.98 Å². The fraction of sp³-hybridized carbons (Fsp3) is 0.233. The number of halogens is 2. The summed E-state index contributed by atoms with van der Waals surface area (Å²) in [6.07, 6.45) is 3.51. The molecule has 4 aromatic rings. The van der Waals surface area contributed by atoms with Gasteiger partial charge in [-0.2, -0.15) is 0 Å². The van der Waals surface area contributed by atoms with Crippen LogP contribution >= 0.6 is 23.2 Å². The van der Waals surface area contributed by atoms with Crippen molar-refractivity contribution in [2.24, 2.45) is 0 Å². The molecule has 0 saturated carbocycles. The Morgan fingerprint density at radius 3 is 2.56 bits per heavy atom. The highest BCUT2D eigenvalue weighted by molar-refractivity contribution is 6.31. The lowest BCUT2D eigenvalue weighted by Crippen LogP contribution is -2.42. The van der Waals surface area contributed by atoms with Gasteiger partial charge in [-0.1, -0.05) is 59.6 Å². The van der Waals surface area contributed by atoms with Gasteiger partial charge >= 0.3 is 0 Å². The summed E-state index contributed by atoms with van der Waals surface area (Å²) in [5.41, 5.74) is 3.63. The largest absolute Gasteiger partial charge is 0.376 e.